The zero-order valence-corrected chi connectivity index (χ0v) is 17.2. The summed E-state index contributed by atoms with van der Waals surface area (Å²) in [4.78, 5) is 36.4. The van der Waals surface area contributed by atoms with Crippen LogP contribution < -0.4 is 10.5 Å². The van der Waals surface area contributed by atoms with E-state index in [-0.39, 0.29) is 41.8 Å². The number of anilines is 1. The summed E-state index contributed by atoms with van der Waals surface area (Å²) < 4.78 is 53.0. The summed E-state index contributed by atoms with van der Waals surface area (Å²) in [5.41, 5.74) is -1.13. The number of pyridine rings is 1. The lowest BCUT2D eigenvalue weighted by molar-refractivity contribution is -0.138. The van der Waals surface area contributed by atoms with Crippen LogP contribution in [0.15, 0.2) is 41.6 Å². The van der Waals surface area contributed by atoms with Crippen LogP contribution in [0.2, 0.25) is 5.02 Å². The van der Waals surface area contributed by atoms with Crippen LogP contribution in [-0.4, -0.2) is 51.5 Å². The zero-order chi connectivity index (χ0) is 23.0. The summed E-state index contributed by atoms with van der Waals surface area (Å²) in [6.45, 7) is 0.877. The van der Waals surface area contributed by atoms with Gasteiger partial charge in [-0.2, -0.15) is 13.2 Å². The first-order valence-electron chi connectivity index (χ1n) is 9.53. The smallest absolute Gasteiger partial charge is 0.352 e. The van der Waals surface area contributed by atoms with E-state index >= 15 is 0 Å². The van der Waals surface area contributed by atoms with E-state index < -0.39 is 23.1 Å². The first-order chi connectivity index (χ1) is 15.1. The minimum Gasteiger partial charge on any atom is -0.352 e. The molecule has 0 bridgehead atoms. The highest BCUT2D eigenvalue weighted by Crippen LogP contribution is 2.33. The third-order valence-electron chi connectivity index (χ3n) is 5.17. The van der Waals surface area contributed by atoms with Gasteiger partial charge < -0.3 is 9.80 Å². The Morgan fingerprint density at radius 2 is 1.81 bits per heavy atom. The van der Waals surface area contributed by atoms with Crippen LogP contribution in [0.5, 0.6) is 0 Å². The van der Waals surface area contributed by atoms with Gasteiger partial charge in [0, 0.05) is 32.4 Å². The van der Waals surface area contributed by atoms with Gasteiger partial charge in [0.1, 0.15) is 18.2 Å². The molecule has 0 unspecified atom stereocenters. The highest BCUT2D eigenvalue weighted by Gasteiger charge is 2.32. The fourth-order valence-electron chi connectivity index (χ4n) is 3.48. The molecule has 1 saturated heterocycles. The van der Waals surface area contributed by atoms with Gasteiger partial charge in [0.2, 0.25) is 5.91 Å². The SMILES string of the molecule is O=C(Cn1cnc2ccc(F)cc2c1=O)N1CCN(c2ncc(C(F)(F)F)cc2Cl)CC1. The molecule has 1 amide bonds. The average Bonchev–Trinajstić information content (AvgIpc) is 2.75. The first kappa shape index (κ1) is 22.0. The van der Waals surface area contributed by atoms with Crippen molar-refractivity contribution in [3.63, 3.8) is 0 Å². The van der Waals surface area contributed by atoms with Crippen LogP contribution in [0.25, 0.3) is 10.9 Å². The summed E-state index contributed by atoms with van der Waals surface area (Å²) in [6, 6.07) is 4.48. The molecule has 168 valence electrons. The molecular weight excluding hydrogens is 454 g/mol. The number of rotatable bonds is 3. The van der Waals surface area contributed by atoms with E-state index in [2.05, 4.69) is 9.97 Å². The molecule has 0 radical (unpaired) electrons. The summed E-state index contributed by atoms with van der Waals surface area (Å²) in [7, 11) is 0. The lowest BCUT2D eigenvalue weighted by Gasteiger charge is -2.36. The molecule has 0 aliphatic carbocycles. The van der Waals surface area contributed by atoms with E-state index in [0.717, 1.165) is 22.9 Å². The standard InChI is InChI=1S/C20H16ClF4N5O2/c21-15-7-12(20(23,24)25)9-26-18(15)29-5-3-28(4-6-29)17(31)10-30-11-27-16-2-1-13(22)8-14(16)19(30)32/h1-2,7-9,11H,3-6,10H2. The van der Waals surface area contributed by atoms with Gasteiger partial charge in [0.05, 0.1) is 27.8 Å². The summed E-state index contributed by atoms with van der Waals surface area (Å²) in [5, 5.41) is -0.0474. The number of amides is 1. The molecule has 4 rings (SSSR count). The van der Waals surface area contributed by atoms with E-state index in [0.29, 0.717) is 18.6 Å². The number of hydrogen-bond acceptors (Lipinski definition) is 5. The number of carbonyl (C=O) groups excluding carboxylic acids is 1. The molecule has 3 aromatic rings. The number of piperazine rings is 1. The maximum atomic E-state index is 13.5. The Kier molecular flexibility index (Phi) is 5.76. The van der Waals surface area contributed by atoms with Crippen molar-refractivity contribution >= 4 is 34.2 Å². The fourth-order valence-corrected chi connectivity index (χ4v) is 3.76. The summed E-state index contributed by atoms with van der Waals surface area (Å²) in [5.74, 6) is -0.702. The number of nitrogens with zero attached hydrogens (tertiary/aromatic N) is 5. The fraction of sp³-hybridized carbons (Fsp3) is 0.300. The first-order valence-corrected chi connectivity index (χ1v) is 9.91. The molecule has 7 nitrogen and oxygen atoms in total. The molecule has 1 aliphatic rings. The van der Waals surface area contributed by atoms with E-state index in [4.69, 9.17) is 11.6 Å². The van der Waals surface area contributed by atoms with Gasteiger partial charge in [0.15, 0.2) is 0 Å². The van der Waals surface area contributed by atoms with Crippen molar-refractivity contribution in [3.05, 3.63) is 63.5 Å². The third-order valence-corrected chi connectivity index (χ3v) is 5.45. The monoisotopic (exact) mass is 469 g/mol. The van der Waals surface area contributed by atoms with Gasteiger partial charge in [-0.25, -0.2) is 14.4 Å². The highest BCUT2D eigenvalue weighted by atomic mass is 35.5. The van der Waals surface area contributed by atoms with E-state index in [1.165, 1.54) is 23.4 Å². The van der Waals surface area contributed by atoms with Crippen molar-refractivity contribution in [2.24, 2.45) is 0 Å². The predicted molar refractivity (Wildman–Crippen MR) is 109 cm³/mol. The van der Waals surface area contributed by atoms with Crippen LogP contribution in [0.4, 0.5) is 23.4 Å². The average molecular weight is 470 g/mol. The van der Waals surface area contributed by atoms with Gasteiger partial charge in [-0.15, -0.1) is 0 Å². The van der Waals surface area contributed by atoms with E-state index in [1.807, 2.05) is 0 Å². The second-order valence-corrected chi connectivity index (χ2v) is 7.64. The summed E-state index contributed by atoms with van der Waals surface area (Å²) >= 11 is 5.99. The van der Waals surface area contributed by atoms with E-state index in [1.54, 1.807) is 4.90 Å². The molecule has 0 N–H and O–H groups in total. The van der Waals surface area contributed by atoms with Crippen molar-refractivity contribution < 1.29 is 22.4 Å². The van der Waals surface area contributed by atoms with Crippen LogP contribution in [0.3, 0.4) is 0 Å². The molecule has 0 spiro atoms. The maximum absolute atomic E-state index is 13.5. The lowest BCUT2D eigenvalue weighted by atomic mass is 10.2. The molecule has 32 heavy (non-hydrogen) atoms. The number of aromatic nitrogens is 3. The van der Waals surface area contributed by atoms with Crippen LogP contribution >= 0.6 is 11.6 Å². The molecule has 1 aliphatic heterocycles. The Morgan fingerprint density at radius 3 is 2.47 bits per heavy atom. The maximum Gasteiger partial charge on any atom is 0.417 e. The Balaban J connectivity index is 1.43. The minimum atomic E-state index is -4.54. The number of hydrogen-bond donors (Lipinski definition) is 0. The van der Waals surface area contributed by atoms with Gasteiger partial charge in [-0.3, -0.25) is 14.2 Å². The second-order valence-electron chi connectivity index (χ2n) is 7.23. The topological polar surface area (TPSA) is 71.3 Å². The van der Waals surface area contributed by atoms with E-state index in [9.17, 15) is 27.2 Å². The van der Waals surface area contributed by atoms with Gasteiger partial charge >= 0.3 is 6.18 Å². The number of alkyl halides is 3. The van der Waals surface area contributed by atoms with Crippen LogP contribution in [0, 0.1) is 5.82 Å². The Hall–Kier alpha value is -3.21. The Bertz CT molecular complexity index is 1240. The lowest BCUT2D eigenvalue weighted by Crippen LogP contribution is -2.50. The zero-order valence-electron chi connectivity index (χ0n) is 16.4. The quantitative estimate of drug-likeness (QED) is 0.552. The predicted octanol–water partition coefficient (Wildman–Crippen LogP) is 2.95. The molecule has 0 atom stereocenters. The Labute approximate surface area is 183 Å². The van der Waals surface area contributed by atoms with Gasteiger partial charge in [-0.05, 0) is 24.3 Å². The van der Waals surface area contributed by atoms with Crippen molar-refractivity contribution in [2.75, 3.05) is 31.1 Å². The molecule has 1 fully saturated rings. The van der Waals surface area contributed by atoms with Gasteiger partial charge in [0.25, 0.3) is 5.56 Å². The Morgan fingerprint density at radius 1 is 1.09 bits per heavy atom. The third kappa shape index (κ3) is 4.38. The highest BCUT2D eigenvalue weighted by molar-refractivity contribution is 6.33. The van der Waals surface area contributed by atoms with Gasteiger partial charge in [-0.1, -0.05) is 11.6 Å². The molecular formula is C20H16ClF4N5O2. The molecule has 2 aromatic heterocycles. The van der Waals surface area contributed by atoms with Crippen LogP contribution in [-0.2, 0) is 17.5 Å². The summed E-state index contributed by atoms with van der Waals surface area (Å²) in [6.07, 6.45) is -2.58. The van der Waals surface area contributed by atoms with Crippen LogP contribution in [0.1, 0.15) is 5.56 Å². The van der Waals surface area contributed by atoms with Crippen molar-refractivity contribution in [3.8, 4) is 0 Å². The normalized spacial score (nSPS) is 14.8. The van der Waals surface area contributed by atoms with Crippen molar-refractivity contribution in [1.29, 1.82) is 0 Å². The minimum absolute atomic E-state index is 0.0770. The second kappa shape index (κ2) is 8.38. The number of carbonyl (C=O) groups is 1. The number of fused-ring (bicyclic) bond motifs is 1. The molecule has 1 aromatic carbocycles. The van der Waals surface area contributed by atoms with Crippen molar-refractivity contribution in [1.82, 2.24) is 19.4 Å². The largest absolute Gasteiger partial charge is 0.417 e. The number of benzene rings is 1. The van der Waals surface area contributed by atoms with Crippen molar-refractivity contribution in [2.45, 2.75) is 12.7 Å². The molecule has 0 saturated carbocycles. The molecule has 3 heterocycles. The molecule has 12 heteroatoms. The number of halogens is 5.